The van der Waals surface area contributed by atoms with E-state index in [2.05, 4.69) is 20.8 Å². The van der Waals surface area contributed by atoms with Crippen LogP contribution in [0.4, 0.5) is 0 Å². The summed E-state index contributed by atoms with van der Waals surface area (Å²) in [4.78, 5) is 2.44. The van der Waals surface area contributed by atoms with Gasteiger partial charge in [-0.05, 0) is 47.0 Å². The van der Waals surface area contributed by atoms with Crippen molar-refractivity contribution < 1.29 is 13.5 Å². The first-order valence-corrected chi connectivity index (χ1v) is 9.74. The van der Waals surface area contributed by atoms with Crippen molar-refractivity contribution >= 4 is 26.0 Å². The van der Waals surface area contributed by atoms with E-state index in [1.807, 2.05) is 26.0 Å². The van der Waals surface area contributed by atoms with Crippen LogP contribution in [0.15, 0.2) is 27.6 Å². The van der Waals surface area contributed by atoms with E-state index >= 15 is 0 Å². The van der Waals surface area contributed by atoms with Gasteiger partial charge >= 0.3 is 0 Å². The molecule has 1 saturated heterocycles. The average molecular weight is 391 g/mol. The molecule has 1 aromatic carbocycles. The molecule has 0 aliphatic carbocycles. The van der Waals surface area contributed by atoms with Crippen molar-refractivity contribution in [3.63, 3.8) is 0 Å². The minimum Gasteiger partial charge on any atom is -0.392 e. The van der Waals surface area contributed by atoms with Crippen LogP contribution < -0.4 is 0 Å². The molecule has 0 amide bonds. The zero-order chi connectivity index (χ0) is 16.3. The molecule has 5 nitrogen and oxygen atoms in total. The molecule has 0 bridgehead atoms. The number of nitrogens with zero attached hydrogens (tertiary/aromatic N) is 2. The summed E-state index contributed by atoms with van der Waals surface area (Å²) in [6.07, 6.45) is 0.379. The first-order chi connectivity index (χ1) is 10.3. The van der Waals surface area contributed by atoms with Crippen LogP contribution >= 0.6 is 15.9 Å². The van der Waals surface area contributed by atoms with Gasteiger partial charge in [0.05, 0.1) is 11.0 Å². The lowest BCUT2D eigenvalue weighted by Gasteiger charge is -2.34. The molecule has 1 fully saturated rings. The van der Waals surface area contributed by atoms with Crippen LogP contribution in [-0.4, -0.2) is 61.6 Å². The van der Waals surface area contributed by atoms with Gasteiger partial charge in [-0.15, -0.1) is 0 Å². The predicted octanol–water partition coefficient (Wildman–Crippen LogP) is 1.83. The monoisotopic (exact) mass is 390 g/mol. The third-order valence-electron chi connectivity index (χ3n) is 3.98. The van der Waals surface area contributed by atoms with Gasteiger partial charge in [-0.1, -0.05) is 13.0 Å². The van der Waals surface area contributed by atoms with Crippen LogP contribution in [0.5, 0.6) is 0 Å². The van der Waals surface area contributed by atoms with Gasteiger partial charge in [0.1, 0.15) is 0 Å². The van der Waals surface area contributed by atoms with Crippen LogP contribution in [0, 0.1) is 6.92 Å². The van der Waals surface area contributed by atoms with Gasteiger partial charge in [0, 0.05) is 37.2 Å². The molecular weight excluding hydrogens is 368 g/mol. The number of halogens is 1. The normalized spacial score (nSPS) is 19.3. The highest BCUT2D eigenvalue weighted by atomic mass is 79.9. The number of benzene rings is 1. The second-order valence-electron chi connectivity index (χ2n) is 5.70. The van der Waals surface area contributed by atoms with Crippen LogP contribution in [-0.2, 0) is 10.0 Å². The van der Waals surface area contributed by atoms with Crippen LogP contribution in [0.2, 0.25) is 0 Å². The molecule has 1 aromatic rings. The summed E-state index contributed by atoms with van der Waals surface area (Å²) in [5, 5.41) is 9.70. The molecule has 1 N–H and O–H groups in total. The van der Waals surface area contributed by atoms with E-state index in [4.69, 9.17) is 0 Å². The molecule has 7 heteroatoms. The largest absolute Gasteiger partial charge is 0.392 e. The molecule has 1 unspecified atom stereocenters. The first-order valence-electron chi connectivity index (χ1n) is 7.51. The lowest BCUT2D eigenvalue weighted by molar-refractivity contribution is 0.0896. The second kappa shape index (κ2) is 7.40. The third-order valence-corrected chi connectivity index (χ3v) is 6.85. The first kappa shape index (κ1) is 17.9. The number of hydrogen-bond acceptors (Lipinski definition) is 4. The second-order valence-corrected chi connectivity index (χ2v) is 8.46. The van der Waals surface area contributed by atoms with Crippen LogP contribution in [0.25, 0.3) is 0 Å². The Morgan fingerprint density at radius 2 is 1.91 bits per heavy atom. The number of hydrogen-bond donors (Lipinski definition) is 1. The summed E-state index contributed by atoms with van der Waals surface area (Å²) >= 11 is 3.35. The maximum absolute atomic E-state index is 12.7. The Morgan fingerprint density at radius 3 is 2.45 bits per heavy atom. The van der Waals surface area contributed by atoms with Gasteiger partial charge in [0.15, 0.2) is 0 Å². The Morgan fingerprint density at radius 1 is 1.27 bits per heavy atom. The highest BCUT2D eigenvalue weighted by Crippen LogP contribution is 2.26. The minimum atomic E-state index is -3.47. The fourth-order valence-corrected chi connectivity index (χ4v) is 5.11. The van der Waals surface area contributed by atoms with Crippen molar-refractivity contribution in [1.82, 2.24) is 9.21 Å². The van der Waals surface area contributed by atoms with Gasteiger partial charge in [0.2, 0.25) is 10.0 Å². The standard InChI is InChI=1S/C15H23BrN2O3S/c1-3-13(19)11-17-6-8-18(9-7-17)22(20,21)15-5-4-12(2)10-14(15)16/h4-5,10,13,19H,3,6-9,11H2,1-2H3. The van der Waals surface area contributed by atoms with Crippen molar-refractivity contribution in [3.05, 3.63) is 28.2 Å². The molecule has 1 atom stereocenters. The molecular formula is C15H23BrN2O3S. The molecule has 1 aliphatic rings. The van der Waals surface area contributed by atoms with Gasteiger partial charge in [-0.25, -0.2) is 8.42 Å². The summed E-state index contributed by atoms with van der Waals surface area (Å²) < 4.78 is 27.6. The average Bonchev–Trinajstić information content (AvgIpc) is 2.47. The highest BCUT2D eigenvalue weighted by molar-refractivity contribution is 9.10. The van der Waals surface area contributed by atoms with Crippen molar-refractivity contribution in [2.24, 2.45) is 0 Å². The van der Waals surface area contributed by atoms with E-state index < -0.39 is 10.0 Å². The quantitative estimate of drug-likeness (QED) is 0.832. The maximum Gasteiger partial charge on any atom is 0.244 e. The van der Waals surface area contributed by atoms with E-state index in [0.29, 0.717) is 42.1 Å². The highest BCUT2D eigenvalue weighted by Gasteiger charge is 2.30. The zero-order valence-electron chi connectivity index (χ0n) is 13.0. The topological polar surface area (TPSA) is 60.9 Å². The van der Waals surface area contributed by atoms with Crippen LogP contribution in [0.3, 0.4) is 0 Å². The summed E-state index contributed by atoms with van der Waals surface area (Å²) in [6, 6.07) is 5.29. The molecule has 22 heavy (non-hydrogen) atoms. The molecule has 0 aromatic heterocycles. The van der Waals surface area contributed by atoms with Gasteiger partial charge in [-0.3, -0.25) is 4.90 Å². The number of aryl methyl sites for hydroxylation is 1. The summed E-state index contributed by atoms with van der Waals surface area (Å²) in [5.41, 5.74) is 1.02. The molecule has 0 saturated carbocycles. The number of rotatable bonds is 5. The number of piperazine rings is 1. The number of aliphatic hydroxyl groups excluding tert-OH is 1. The fraction of sp³-hybridized carbons (Fsp3) is 0.600. The van der Waals surface area contributed by atoms with Gasteiger partial charge in [-0.2, -0.15) is 4.31 Å². The number of aliphatic hydroxyl groups is 1. The zero-order valence-corrected chi connectivity index (χ0v) is 15.4. The van der Waals surface area contributed by atoms with Crippen LogP contribution in [0.1, 0.15) is 18.9 Å². The number of sulfonamides is 1. The Balaban J connectivity index is 2.06. The SMILES string of the molecule is CCC(O)CN1CCN(S(=O)(=O)c2ccc(C)cc2Br)CC1. The third kappa shape index (κ3) is 4.08. The van der Waals surface area contributed by atoms with E-state index in [1.54, 1.807) is 6.07 Å². The van der Waals surface area contributed by atoms with Gasteiger partial charge in [0.25, 0.3) is 0 Å². The number of β-amino-alcohol motifs (C(OH)–C–C–N with tert-alkyl or cyclic N) is 1. The van der Waals surface area contributed by atoms with Crippen molar-refractivity contribution in [2.75, 3.05) is 32.7 Å². The Hall–Kier alpha value is -0.470. The Labute approximate surface area is 141 Å². The van der Waals surface area contributed by atoms with E-state index in [-0.39, 0.29) is 6.10 Å². The lowest BCUT2D eigenvalue weighted by atomic mass is 10.2. The van der Waals surface area contributed by atoms with Gasteiger partial charge < -0.3 is 5.11 Å². The molecule has 1 aliphatic heterocycles. The van der Waals surface area contributed by atoms with E-state index in [0.717, 1.165) is 12.0 Å². The fourth-order valence-electron chi connectivity index (χ4n) is 2.53. The minimum absolute atomic E-state index is 0.320. The maximum atomic E-state index is 12.7. The van der Waals surface area contributed by atoms with Crippen molar-refractivity contribution in [3.8, 4) is 0 Å². The summed E-state index contributed by atoms with van der Waals surface area (Å²) in [7, 11) is -3.47. The Kier molecular flexibility index (Phi) is 6.01. The molecule has 1 heterocycles. The summed E-state index contributed by atoms with van der Waals surface area (Å²) in [5.74, 6) is 0. The van der Waals surface area contributed by atoms with Crippen molar-refractivity contribution in [1.29, 1.82) is 0 Å². The van der Waals surface area contributed by atoms with E-state index in [1.165, 1.54) is 4.31 Å². The molecule has 0 radical (unpaired) electrons. The summed E-state index contributed by atoms with van der Waals surface area (Å²) in [6.45, 7) is 6.70. The van der Waals surface area contributed by atoms with Crippen molar-refractivity contribution in [2.45, 2.75) is 31.3 Å². The predicted molar refractivity (Wildman–Crippen MR) is 90.4 cm³/mol. The molecule has 0 spiro atoms. The molecule has 124 valence electrons. The smallest absolute Gasteiger partial charge is 0.244 e. The Bertz CT molecular complexity index is 613. The molecule has 2 rings (SSSR count). The lowest BCUT2D eigenvalue weighted by Crippen LogP contribution is -2.50. The van der Waals surface area contributed by atoms with E-state index in [9.17, 15) is 13.5 Å².